The van der Waals surface area contributed by atoms with Gasteiger partial charge in [0.25, 0.3) is 0 Å². The highest BCUT2D eigenvalue weighted by Gasteiger charge is 2.23. The summed E-state index contributed by atoms with van der Waals surface area (Å²) in [5.74, 6) is -0.884. The van der Waals surface area contributed by atoms with Gasteiger partial charge in [0, 0.05) is 18.6 Å². The zero-order chi connectivity index (χ0) is 12.3. The minimum atomic E-state index is -0.594. The molecule has 0 fully saturated rings. The van der Waals surface area contributed by atoms with Crippen molar-refractivity contribution in [3.8, 4) is 0 Å². The van der Waals surface area contributed by atoms with Crippen LogP contribution in [-0.4, -0.2) is 18.5 Å². The number of ketones is 1. The Labute approximate surface area is 99.4 Å². The number of hydrogen-bond acceptors (Lipinski definition) is 2. The highest BCUT2D eigenvalue weighted by atomic mass is 35.5. The minimum absolute atomic E-state index is 0.0505. The second kappa shape index (κ2) is 4.93. The van der Waals surface area contributed by atoms with E-state index in [1.165, 1.54) is 19.2 Å². The Kier molecular flexibility index (Phi) is 4.05. The average molecular weight is 245 g/mol. The molecule has 0 aliphatic carbocycles. The lowest BCUT2D eigenvalue weighted by atomic mass is 9.97. The molecule has 0 spiro atoms. The van der Waals surface area contributed by atoms with Crippen LogP contribution in [0.5, 0.6) is 0 Å². The number of hydrogen-bond donors (Lipinski definition) is 0. The number of Topliss-reactive ketones (excluding diaryl/α,β-unsaturated/α-hetero) is 1. The lowest BCUT2D eigenvalue weighted by Crippen LogP contribution is -2.26. The predicted octanol–water partition coefficient (Wildman–Crippen LogP) is 3.48. The molecule has 2 nitrogen and oxygen atoms in total. The summed E-state index contributed by atoms with van der Waals surface area (Å²) in [6.07, 6.45) is 0.127. The summed E-state index contributed by atoms with van der Waals surface area (Å²) < 4.78 is 18.6. The van der Waals surface area contributed by atoms with Gasteiger partial charge in [-0.2, -0.15) is 0 Å². The SMILES string of the molecule is COC(C)(C)CC(=O)c1ccc(Cl)cc1F. The van der Waals surface area contributed by atoms with Crippen LogP contribution in [0.2, 0.25) is 5.02 Å². The van der Waals surface area contributed by atoms with Gasteiger partial charge in [0.1, 0.15) is 5.82 Å². The molecule has 4 heteroatoms. The van der Waals surface area contributed by atoms with Crippen molar-refractivity contribution in [3.05, 3.63) is 34.6 Å². The number of ether oxygens (including phenoxy) is 1. The Morgan fingerprint density at radius 3 is 2.62 bits per heavy atom. The second-order valence-corrected chi connectivity index (χ2v) is 4.62. The van der Waals surface area contributed by atoms with Gasteiger partial charge in [-0.15, -0.1) is 0 Å². The lowest BCUT2D eigenvalue weighted by molar-refractivity contribution is 0.0171. The molecule has 0 heterocycles. The highest BCUT2D eigenvalue weighted by molar-refractivity contribution is 6.30. The number of carbonyl (C=O) groups excluding carboxylic acids is 1. The maximum atomic E-state index is 13.4. The first-order valence-electron chi connectivity index (χ1n) is 4.89. The van der Waals surface area contributed by atoms with Gasteiger partial charge >= 0.3 is 0 Å². The van der Waals surface area contributed by atoms with Crippen LogP contribution in [0.1, 0.15) is 30.6 Å². The van der Waals surface area contributed by atoms with Crippen molar-refractivity contribution in [3.63, 3.8) is 0 Å². The van der Waals surface area contributed by atoms with Crippen molar-refractivity contribution in [2.75, 3.05) is 7.11 Å². The van der Waals surface area contributed by atoms with E-state index in [9.17, 15) is 9.18 Å². The molecule has 0 radical (unpaired) electrons. The molecule has 1 aromatic rings. The van der Waals surface area contributed by atoms with E-state index in [2.05, 4.69) is 0 Å². The quantitative estimate of drug-likeness (QED) is 0.758. The maximum absolute atomic E-state index is 13.4. The summed E-state index contributed by atoms with van der Waals surface area (Å²) in [5.41, 5.74) is -0.544. The fourth-order valence-corrected chi connectivity index (χ4v) is 1.43. The van der Waals surface area contributed by atoms with Gasteiger partial charge in [-0.1, -0.05) is 11.6 Å². The van der Waals surface area contributed by atoms with Crippen LogP contribution in [-0.2, 0) is 4.74 Å². The summed E-state index contributed by atoms with van der Waals surface area (Å²) in [7, 11) is 1.52. The zero-order valence-electron chi connectivity index (χ0n) is 9.51. The van der Waals surface area contributed by atoms with Gasteiger partial charge < -0.3 is 4.74 Å². The highest BCUT2D eigenvalue weighted by Crippen LogP contribution is 2.20. The minimum Gasteiger partial charge on any atom is -0.378 e. The zero-order valence-corrected chi connectivity index (χ0v) is 10.3. The molecule has 0 atom stereocenters. The predicted molar refractivity (Wildman–Crippen MR) is 61.4 cm³/mol. The van der Waals surface area contributed by atoms with E-state index in [1.807, 2.05) is 0 Å². The normalized spacial score (nSPS) is 11.6. The number of rotatable bonds is 4. The smallest absolute Gasteiger partial charge is 0.168 e. The van der Waals surface area contributed by atoms with Gasteiger partial charge in [0.2, 0.25) is 0 Å². The molecule has 0 unspecified atom stereocenters. The topological polar surface area (TPSA) is 26.3 Å². The Morgan fingerprint density at radius 2 is 2.12 bits per heavy atom. The monoisotopic (exact) mass is 244 g/mol. The molecule has 0 aliphatic rings. The first-order chi connectivity index (χ1) is 7.35. The number of benzene rings is 1. The molecular weight excluding hydrogens is 231 g/mol. The molecule has 0 saturated carbocycles. The van der Waals surface area contributed by atoms with E-state index in [4.69, 9.17) is 16.3 Å². The summed E-state index contributed by atoms with van der Waals surface area (Å²) in [5, 5.41) is 0.278. The van der Waals surface area contributed by atoms with E-state index in [0.29, 0.717) is 0 Å². The lowest BCUT2D eigenvalue weighted by Gasteiger charge is -2.21. The van der Waals surface area contributed by atoms with E-state index in [1.54, 1.807) is 13.8 Å². The average Bonchev–Trinajstić information content (AvgIpc) is 2.16. The third-order valence-electron chi connectivity index (χ3n) is 2.37. The standard InChI is InChI=1S/C12H14ClFO2/c1-12(2,16-3)7-11(15)9-5-4-8(13)6-10(9)14/h4-6H,7H2,1-3H3. The molecule has 0 aromatic heterocycles. The van der Waals surface area contributed by atoms with Gasteiger partial charge in [-0.3, -0.25) is 4.79 Å². The van der Waals surface area contributed by atoms with Crippen molar-refractivity contribution in [1.29, 1.82) is 0 Å². The van der Waals surface area contributed by atoms with Crippen LogP contribution in [0.3, 0.4) is 0 Å². The Morgan fingerprint density at radius 1 is 1.50 bits per heavy atom. The van der Waals surface area contributed by atoms with E-state index in [0.717, 1.165) is 6.07 Å². The van der Waals surface area contributed by atoms with Crippen molar-refractivity contribution in [1.82, 2.24) is 0 Å². The molecule has 0 N–H and O–H groups in total. The van der Waals surface area contributed by atoms with Crippen molar-refractivity contribution < 1.29 is 13.9 Å². The largest absolute Gasteiger partial charge is 0.378 e. The van der Waals surface area contributed by atoms with Crippen LogP contribution >= 0.6 is 11.6 Å². The van der Waals surface area contributed by atoms with E-state index < -0.39 is 11.4 Å². The number of carbonyl (C=O) groups is 1. The first kappa shape index (κ1) is 13.1. The van der Waals surface area contributed by atoms with Gasteiger partial charge in [0.05, 0.1) is 11.2 Å². The Balaban J connectivity index is 2.89. The van der Waals surface area contributed by atoms with Crippen LogP contribution in [0.4, 0.5) is 4.39 Å². The molecule has 0 saturated heterocycles. The van der Waals surface area contributed by atoms with Crippen LogP contribution < -0.4 is 0 Å². The maximum Gasteiger partial charge on any atom is 0.168 e. The molecule has 0 aliphatic heterocycles. The van der Waals surface area contributed by atoms with Crippen molar-refractivity contribution >= 4 is 17.4 Å². The van der Waals surface area contributed by atoms with Crippen LogP contribution in [0, 0.1) is 5.82 Å². The molecule has 0 bridgehead atoms. The van der Waals surface area contributed by atoms with E-state index >= 15 is 0 Å². The van der Waals surface area contributed by atoms with Crippen molar-refractivity contribution in [2.45, 2.75) is 25.9 Å². The van der Waals surface area contributed by atoms with E-state index in [-0.39, 0.29) is 22.8 Å². The Hall–Kier alpha value is -0.930. The molecule has 88 valence electrons. The molecule has 1 aromatic carbocycles. The number of methoxy groups -OCH3 is 1. The fourth-order valence-electron chi connectivity index (χ4n) is 1.27. The van der Waals surface area contributed by atoms with Gasteiger partial charge in [-0.05, 0) is 32.0 Å². The molecule has 1 rings (SSSR count). The summed E-state index contributed by atoms with van der Waals surface area (Å²) in [6, 6.07) is 4.03. The second-order valence-electron chi connectivity index (χ2n) is 4.19. The van der Waals surface area contributed by atoms with Gasteiger partial charge in [0.15, 0.2) is 5.78 Å². The van der Waals surface area contributed by atoms with Crippen molar-refractivity contribution in [2.24, 2.45) is 0 Å². The summed E-state index contributed by atoms with van der Waals surface area (Å²) >= 11 is 5.61. The van der Waals surface area contributed by atoms with Crippen LogP contribution in [0.15, 0.2) is 18.2 Å². The molecule has 0 amide bonds. The summed E-state index contributed by atoms with van der Waals surface area (Å²) in [6.45, 7) is 3.55. The van der Waals surface area contributed by atoms with Gasteiger partial charge in [-0.25, -0.2) is 4.39 Å². The number of halogens is 2. The Bertz CT molecular complexity index is 402. The summed E-state index contributed by atoms with van der Waals surface area (Å²) in [4.78, 5) is 11.8. The third-order valence-corrected chi connectivity index (χ3v) is 2.61. The third kappa shape index (κ3) is 3.29. The first-order valence-corrected chi connectivity index (χ1v) is 5.27. The molecular formula is C12H14ClFO2. The fraction of sp³-hybridized carbons (Fsp3) is 0.417. The van der Waals surface area contributed by atoms with Crippen LogP contribution in [0.25, 0.3) is 0 Å². The molecule has 16 heavy (non-hydrogen) atoms.